The highest BCUT2D eigenvalue weighted by Crippen LogP contribution is 2.14. The molecule has 2 rings (SSSR count). The molecule has 0 heterocycles. The van der Waals surface area contributed by atoms with Crippen LogP contribution in [0.3, 0.4) is 0 Å². The van der Waals surface area contributed by atoms with Gasteiger partial charge >= 0.3 is 0 Å². The van der Waals surface area contributed by atoms with E-state index in [0.29, 0.717) is 29.0 Å². The van der Waals surface area contributed by atoms with Crippen molar-refractivity contribution in [3.05, 3.63) is 59.7 Å². The van der Waals surface area contributed by atoms with E-state index < -0.39 is 0 Å². The molecule has 7 heteroatoms. The third-order valence-electron chi connectivity index (χ3n) is 4.80. The molecule has 0 fully saturated rings. The van der Waals surface area contributed by atoms with Gasteiger partial charge in [0, 0.05) is 42.1 Å². The van der Waals surface area contributed by atoms with Crippen LogP contribution in [0, 0.1) is 0 Å². The highest BCUT2D eigenvalue weighted by Gasteiger charge is 2.14. The Hall–Kier alpha value is -3.35. The molecule has 3 N–H and O–H groups in total. The molecule has 0 saturated carbocycles. The van der Waals surface area contributed by atoms with Crippen LogP contribution < -0.4 is 16.0 Å². The lowest BCUT2D eigenvalue weighted by molar-refractivity contribution is -0.114. The summed E-state index contributed by atoms with van der Waals surface area (Å²) in [6, 6.07) is 14.0. The molecule has 0 aliphatic carbocycles. The lowest BCUT2D eigenvalue weighted by Crippen LogP contribution is -2.32. The highest BCUT2D eigenvalue weighted by molar-refractivity contribution is 5.97. The molecule has 3 amide bonds. The zero-order chi connectivity index (χ0) is 23.3. The minimum absolute atomic E-state index is 0.0103. The summed E-state index contributed by atoms with van der Waals surface area (Å²) in [6.07, 6.45) is 2.70. The van der Waals surface area contributed by atoms with Crippen molar-refractivity contribution < 1.29 is 14.4 Å². The number of hydrogen-bond acceptors (Lipinski definition) is 4. The number of amides is 3. The number of rotatable bonds is 12. The summed E-state index contributed by atoms with van der Waals surface area (Å²) >= 11 is 0. The van der Waals surface area contributed by atoms with E-state index in [9.17, 15) is 14.4 Å². The van der Waals surface area contributed by atoms with Crippen LogP contribution in [0.2, 0.25) is 0 Å². The first-order valence-electron chi connectivity index (χ1n) is 11.3. The molecule has 0 aliphatic heterocycles. The van der Waals surface area contributed by atoms with Crippen LogP contribution in [0.1, 0.15) is 60.7 Å². The third-order valence-corrected chi connectivity index (χ3v) is 4.80. The number of hydrogen-bond donors (Lipinski definition) is 3. The van der Waals surface area contributed by atoms with Gasteiger partial charge in [-0.15, -0.1) is 0 Å². The van der Waals surface area contributed by atoms with Crippen molar-refractivity contribution in [3.63, 3.8) is 0 Å². The second kappa shape index (κ2) is 13.1. The summed E-state index contributed by atoms with van der Waals surface area (Å²) in [5.41, 5.74) is 2.47. The number of nitrogens with one attached hydrogen (secondary N) is 3. The predicted molar refractivity (Wildman–Crippen MR) is 129 cm³/mol. The van der Waals surface area contributed by atoms with Gasteiger partial charge in [-0.3, -0.25) is 14.4 Å². The first kappa shape index (κ1) is 24.9. The van der Waals surface area contributed by atoms with Gasteiger partial charge < -0.3 is 20.9 Å². The standard InChI is InChI=1S/C25H34N4O3/c1-4-14-26-24(31)20-8-7-9-22(17-20)27-18-23(30)28-21-12-10-19(11-13-21)25(32)29(15-5-2)16-6-3/h7-13,17,27H,4-6,14-16,18H2,1-3H3,(H,26,31)(H,28,30). The van der Waals surface area contributed by atoms with Crippen LogP contribution in [0.25, 0.3) is 0 Å². The molecule has 0 aliphatic rings. The van der Waals surface area contributed by atoms with Gasteiger partial charge in [-0.05, 0) is 61.7 Å². The van der Waals surface area contributed by atoms with Gasteiger partial charge in [0.05, 0.1) is 6.54 Å². The lowest BCUT2D eigenvalue weighted by Gasteiger charge is -2.21. The fourth-order valence-corrected chi connectivity index (χ4v) is 3.23. The van der Waals surface area contributed by atoms with Crippen molar-refractivity contribution in [3.8, 4) is 0 Å². The SMILES string of the molecule is CCCNC(=O)c1cccc(NCC(=O)Nc2ccc(C(=O)N(CCC)CCC)cc2)c1. The molecule has 0 saturated heterocycles. The predicted octanol–water partition coefficient (Wildman–Crippen LogP) is 4.14. The zero-order valence-electron chi connectivity index (χ0n) is 19.2. The Bertz CT molecular complexity index is 890. The molecule has 32 heavy (non-hydrogen) atoms. The summed E-state index contributed by atoms with van der Waals surface area (Å²) in [5, 5.41) is 8.69. The van der Waals surface area contributed by atoms with Crippen molar-refractivity contribution in [2.24, 2.45) is 0 Å². The zero-order valence-corrected chi connectivity index (χ0v) is 19.2. The van der Waals surface area contributed by atoms with Gasteiger partial charge in [0.1, 0.15) is 0 Å². The summed E-state index contributed by atoms with van der Waals surface area (Å²) < 4.78 is 0. The van der Waals surface area contributed by atoms with E-state index in [0.717, 1.165) is 32.4 Å². The van der Waals surface area contributed by atoms with Gasteiger partial charge in [-0.2, -0.15) is 0 Å². The van der Waals surface area contributed by atoms with E-state index in [1.54, 1.807) is 42.5 Å². The molecule has 2 aromatic carbocycles. The van der Waals surface area contributed by atoms with E-state index in [2.05, 4.69) is 29.8 Å². The Morgan fingerprint density at radius 1 is 0.812 bits per heavy atom. The largest absolute Gasteiger partial charge is 0.376 e. The first-order valence-corrected chi connectivity index (χ1v) is 11.3. The second-order valence-electron chi connectivity index (χ2n) is 7.61. The van der Waals surface area contributed by atoms with Crippen molar-refractivity contribution in [1.29, 1.82) is 0 Å². The number of anilines is 2. The van der Waals surface area contributed by atoms with Crippen LogP contribution in [0.5, 0.6) is 0 Å². The average Bonchev–Trinajstić information content (AvgIpc) is 2.81. The summed E-state index contributed by atoms with van der Waals surface area (Å²) in [6.45, 7) is 8.26. The number of nitrogens with zero attached hydrogens (tertiary/aromatic N) is 1. The molecule has 0 bridgehead atoms. The Morgan fingerprint density at radius 3 is 2.12 bits per heavy atom. The van der Waals surface area contributed by atoms with Crippen LogP contribution in [0.4, 0.5) is 11.4 Å². The maximum absolute atomic E-state index is 12.7. The number of carbonyl (C=O) groups excluding carboxylic acids is 3. The fraction of sp³-hybridized carbons (Fsp3) is 0.400. The molecule has 2 aromatic rings. The Labute approximate surface area is 190 Å². The van der Waals surface area contributed by atoms with E-state index in [1.807, 2.05) is 17.9 Å². The van der Waals surface area contributed by atoms with Gasteiger partial charge in [-0.25, -0.2) is 0 Å². The average molecular weight is 439 g/mol. The van der Waals surface area contributed by atoms with Crippen molar-refractivity contribution in [2.75, 3.05) is 36.8 Å². The Kier molecular flexibility index (Phi) is 10.2. The normalized spacial score (nSPS) is 10.3. The van der Waals surface area contributed by atoms with Gasteiger partial charge in [0.2, 0.25) is 5.91 Å². The first-order chi connectivity index (χ1) is 15.5. The summed E-state index contributed by atoms with van der Waals surface area (Å²) in [7, 11) is 0. The topological polar surface area (TPSA) is 90.5 Å². The van der Waals surface area contributed by atoms with Gasteiger partial charge in [0.25, 0.3) is 11.8 Å². The number of benzene rings is 2. The van der Waals surface area contributed by atoms with E-state index in [-0.39, 0.29) is 24.3 Å². The maximum Gasteiger partial charge on any atom is 0.253 e. The molecule has 7 nitrogen and oxygen atoms in total. The lowest BCUT2D eigenvalue weighted by atomic mass is 10.1. The van der Waals surface area contributed by atoms with Crippen molar-refractivity contribution in [1.82, 2.24) is 10.2 Å². The minimum Gasteiger partial charge on any atom is -0.376 e. The molecule has 0 unspecified atom stereocenters. The van der Waals surface area contributed by atoms with Crippen LogP contribution >= 0.6 is 0 Å². The van der Waals surface area contributed by atoms with E-state index >= 15 is 0 Å². The van der Waals surface area contributed by atoms with E-state index in [1.165, 1.54) is 0 Å². The molecule has 0 radical (unpaired) electrons. The fourth-order valence-electron chi connectivity index (χ4n) is 3.23. The summed E-state index contributed by atoms with van der Waals surface area (Å²) in [4.78, 5) is 38.9. The number of carbonyl (C=O) groups is 3. The molecule has 172 valence electrons. The molecular weight excluding hydrogens is 404 g/mol. The highest BCUT2D eigenvalue weighted by atomic mass is 16.2. The van der Waals surface area contributed by atoms with Gasteiger partial charge in [0.15, 0.2) is 0 Å². The Morgan fingerprint density at radius 2 is 1.50 bits per heavy atom. The van der Waals surface area contributed by atoms with E-state index in [4.69, 9.17) is 0 Å². The van der Waals surface area contributed by atoms with Crippen molar-refractivity contribution in [2.45, 2.75) is 40.0 Å². The second-order valence-corrected chi connectivity index (χ2v) is 7.61. The molecule has 0 spiro atoms. The van der Waals surface area contributed by atoms with Gasteiger partial charge in [-0.1, -0.05) is 26.8 Å². The summed E-state index contributed by atoms with van der Waals surface area (Å²) in [5.74, 6) is -0.342. The monoisotopic (exact) mass is 438 g/mol. The molecule has 0 aromatic heterocycles. The maximum atomic E-state index is 12.7. The molecular formula is C25H34N4O3. The molecule has 0 atom stereocenters. The quantitative estimate of drug-likeness (QED) is 0.465. The van der Waals surface area contributed by atoms with Crippen LogP contribution in [-0.2, 0) is 4.79 Å². The smallest absolute Gasteiger partial charge is 0.253 e. The minimum atomic E-state index is -0.219. The van der Waals surface area contributed by atoms with Crippen LogP contribution in [-0.4, -0.2) is 48.8 Å². The van der Waals surface area contributed by atoms with Crippen LogP contribution in [0.15, 0.2) is 48.5 Å². The van der Waals surface area contributed by atoms with Crippen molar-refractivity contribution >= 4 is 29.1 Å². The third kappa shape index (κ3) is 7.72. The Balaban J connectivity index is 1.89.